The molecule has 0 fully saturated rings. The zero-order chi connectivity index (χ0) is 7.28. The van der Waals surface area contributed by atoms with Crippen LogP contribution in [0.4, 0.5) is 0 Å². The summed E-state index contributed by atoms with van der Waals surface area (Å²) in [6.45, 7) is 3.71. The summed E-state index contributed by atoms with van der Waals surface area (Å²) in [5, 5.41) is 8.14. The van der Waals surface area contributed by atoms with Crippen LogP contribution in [0.15, 0.2) is 23.8 Å². The van der Waals surface area contributed by atoms with Gasteiger partial charge in [-0.3, -0.25) is 0 Å². The minimum Gasteiger partial charge on any atom is -0.478 e. The molecule has 0 aliphatic heterocycles. The molecule has 0 rings (SSSR count). The van der Waals surface area contributed by atoms with E-state index in [1.807, 2.05) is 19.9 Å². The first kappa shape index (κ1) is 7.95. The van der Waals surface area contributed by atoms with Gasteiger partial charge >= 0.3 is 5.97 Å². The van der Waals surface area contributed by atoms with Crippen LogP contribution in [0, 0.1) is 0 Å². The van der Waals surface area contributed by atoms with E-state index in [2.05, 4.69) is 0 Å². The monoisotopic (exact) mass is 126 g/mol. The minimum absolute atomic E-state index is 0.906. The Labute approximate surface area is 54.5 Å². The topological polar surface area (TPSA) is 37.3 Å². The molecule has 0 spiro atoms. The highest BCUT2D eigenvalue weighted by Gasteiger charge is 1.83. The molecule has 0 heterocycles. The van der Waals surface area contributed by atoms with E-state index < -0.39 is 5.97 Å². The Hall–Kier alpha value is -1.05. The summed E-state index contributed by atoms with van der Waals surface area (Å²) >= 11 is 0. The lowest BCUT2D eigenvalue weighted by atomic mass is 10.3. The number of carbonyl (C=O) groups is 1. The lowest BCUT2D eigenvalue weighted by Crippen LogP contribution is -1.85. The van der Waals surface area contributed by atoms with Gasteiger partial charge in [0.15, 0.2) is 0 Å². The number of allylic oxidation sites excluding steroid dienone is 3. The normalized spacial score (nSPS) is 12.4. The van der Waals surface area contributed by atoms with Gasteiger partial charge in [0.05, 0.1) is 0 Å². The van der Waals surface area contributed by atoms with Crippen LogP contribution in [0.5, 0.6) is 0 Å². The van der Waals surface area contributed by atoms with Crippen LogP contribution in [-0.4, -0.2) is 11.1 Å². The molecular weight excluding hydrogens is 116 g/mol. The maximum atomic E-state index is 9.91. The van der Waals surface area contributed by atoms with Crippen LogP contribution in [0.3, 0.4) is 0 Å². The van der Waals surface area contributed by atoms with E-state index >= 15 is 0 Å². The number of hydrogen-bond acceptors (Lipinski definition) is 1. The molecule has 0 atom stereocenters. The molecule has 0 aliphatic carbocycles. The Morgan fingerprint density at radius 1 is 1.44 bits per heavy atom. The van der Waals surface area contributed by atoms with E-state index in [-0.39, 0.29) is 0 Å². The standard InChI is InChI=1S/C7H10O2/c1-3-6(2)4-5-7(8)9/h3-5H,1-2H3,(H,8,9)/b5-4-,6-3+. The lowest BCUT2D eigenvalue weighted by Gasteiger charge is -1.83. The molecule has 2 heteroatoms. The fraction of sp³-hybridized carbons (Fsp3) is 0.286. The predicted octanol–water partition coefficient (Wildman–Crippen LogP) is 1.59. The molecule has 0 radical (unpaired) electrons. The predicted molar refractivity (Wildman–Crippen MR) is 36.2 cm³/mol. The van der Waals surface area contributed by atoms with Crippen molar-refractivity contribution in [1.82, 2.24) is 0 Å². The third-order valence-corrected chi connectivity index (χ3v) is 0.944. The van der Waals surface area contributed by atoms with E-state index in [0.29, 0.717) is 0 Å². The molecule has 0 saturated heterocycles. The van der Waals surface area contributed by atoms with Gasteiger partial charge in [-0.2, -0.15) is 0 Å². The maximum Gasteiger partial charge on any atom is 0.328 e. The Morgan fingerprint density at radius 3 is 2.33 bits per heavy atom. The van der Waals surface area contributed by atoms with E-state index in [9.17, 15) is 4.79 Å². The van der Waals surface area contributed by atoms with Crippen LogP contribution in [0.25, 0.3) is 0 Å². The molecule has 0 unspecified atom stereocenters. The van der Waals surface area contributed by atoms with Crippen molar-refractivity contribution in [2.45, 2.75) is 13.8 Å². The van der Waals surface area contributed by atoms with Gasteiger partial charge in [-0.05, 0) is 13.8 Å². The van der Waals surface area contributed by atoms with Gasteiger partial charge in [0.2, 0.25) is 0 Å². The van der Waals surface area contributed by atoms with Crippen molar-refractivity contribution in [1.29, 1.82) is 0 Å². The second kappa shape index (κ2) is 3.89. The Bertz CT molecular complexity index is 154. The molecule has 0 aliphatic rings. The summed E-state index contributed by atoms with van der Waals surface area (Å²) in [6, 6.07) is 0. The molecule has 0 saturated carbocycles. The molecule has 0 aromatic rings. The lowest BCUT2D eigenvalue weighted by molar-refractivity contribution is -0.131. The fourth-order valence-corrected chi connectivity index (χ4v) is 0.299. The summed E-state index contributed by atoms with van der Waals surface area (Å²) in [5.41, 5.74) is 0.956. The molecule has 1 N–H and O–H groups in total. The van der Waals surface area contributed by atoms with Crippen molar-refractivity contribution in [2.75, 3.05) is 0 Å². The Morgan fingerprint density at radius 2 is 2.00 bits per heavy atom. The average molecular weight is 126 g/mol. The van der Waals surface area contributed by atoms with Gasteiger partial charge in [-0.25, -0.2) is 4.79 Å². The number of hydrogen-bond donors (Lipinski definition) is 1. The zero-order valence-electron chi connectivity index (χ0n) is 5.59. The Kier molecular flexibility index (Phi) is 3.44. The quantitative estimate of drug-likeness (QED) is 0.450. The summed E-state index contributed by atoms with van der Waals surface area (Å²) < 4.78 is 0. The van der Waals surface area contributed by atoms with Crippen molar-refractivity contribution in [3.05, 3.63) is 23.8 Å². The summed E-state index contributed by atoms with van der Waals surface area (Å²) in [7, 11) is 0. The first-order valence-corrected chi connectivity index (χ1v) is 2.70. The third-order valence-electron chi connectivity index (χ3n) is 0.944. The molecule has 2 nitrogen and oxygen atoms in total. The van der Waals surface area contributed by atoms with E-state index in [1.54, 1.807) is 6.08 Å². The highest BCUT2D eigenvalue weighted by Crippen LogP contribution is 1.92. The van der Waals surface area contributed by atoms with Gasteiger partial charge < -0.3 is 5.11 Å². The van der Waals surface area contributed by atoms with Crippen molar-refractivity contribution < 1.29 is 9.90 Å². The van der Waals surface area contributed by atoms with Crippen molar-refractivity contribution in [3.8, 4) is 0 Å². The molecular formula is C7H10O2. The molecule has 9 heavy (non-hydrogen) atoms. The zero-order valence-corrected chi connectivity index (χ0v) is 5.59. The van der Waals surface area contributed by atoms with Crippen LogP contribution >= 0.6 is 0 Å². The van der Waals surface area contributed by atoms with E-state index in [4.69, 9.17) is 5.11 Å². The Balaban J connectivity index is 3.86. The number of carboxylic acid groups (broad SMARTS) is 1. The fourth-order valence-electron chi connectivity index (χ4n) is 0.299. The van der Waals surface area contributed by atoms with E-state index in [1.165, 1.54) is 0 Å². The second-order valence-corrected chi connectivity index (χ2v) is 1.70. The van der Waals surface area contributed by atoms with Crippen LogP contribution in [-0.2, 0) is 4.79 Å². The maximum absolute atomic E-state index is 9.91. The van der Waals surface area contributed by atoms with Gasteiger partial charge in [0.1, 0.15) is 0 Å². The first-order chi connectivity index (χ1) is 4.16. The van der Waals surface area contributed by atoms with Gasteiger partial charge in [-0.15, -0.1) is 0 Å². The summed E-state index contributed by atoms with van der Waals surface area (Å²) in [6.07, 6.45) is 4.52. The van der Waals surface area contributed by atoms with Gasteiger partial charge in [0, 0.05) is 6.08 Å². The largest absolute Gasteiger partial charge is 0.478 e. The second-order valence-electron chi connectivity index (χ2n) is 1.70. The van der Waals surface area contributed by atoms with E-state index in [0.717, 1.165) is 11.6 Å². The molecule has 0 aromatic heterocycles. The first-order valence-electron chi connectivity index (χ1n) is 2.70. The average Bonchev–Trinajstić information content (AvgIpc) is 1.83. The smallest absolute Gasteiger partial charge is 0.328 e. The molecule has 0 amide bonds. The van der Waals surface area contributed by atoms with Gasteiger partial charge in [-0.1, -0.05) is 17.7 Å². The summed E-state index contributed by atoms with van der Waals surface area (Å²) in [5.74, 6) is -0.906. The highest BCUT2D eigenvalue weighted by molar-refractivity contribution is 5.80. The number of aliphatic carboxylic acids is 1. The minimum atomic E-state index is -0.906. The van der Waals surface area contributed by atoms with Crippen molar-refractivity contribution in [3.63, 3.8) is 0 Å². The molecule has 0 bridgehead atoms. The SMILES string of the molecule is C/C=C(C)/C=C\C(=O)O. The third kappa shape index (κ3) is 4.81. The highest BCUT2D eigenvalue weighted by atomic mass is 16.4. The van der Waals surface area contributed by atoms with Gasteiger partial charge in [0.25, 0.3) is 0 Å². The number of carboxylic acids is 1. The molecule has 0 aromatic carbocycles. The number of rotatable bonds is 2. The van der Waals surface area contributed by atoms with Crippen LogP contribution in [0.2, 0.25) is 0 Å². The van der Waals surface area contributed by atoms with Crippen molar-refractivity contribution >= 4 is 5.97 Å². The summed E-state index contributed by atoms with van der Waals surface area (Å²) in [4.78, 5) is 9.91. The molecule has 50 valence electrons. The van der Waals surface area contributed by atoms with Crippen LogP contribution < -0.4 is 0 Å². The van der Waals surface area contributed by atoms with Crippen LogP contribution in [0.1, 0.15) is 13.8 Å². The van der Waals surface area contributed by atoms with Crippen molar-refractivity contribution in [2.24, 2.45) is 0 Å².